The van der Waals surface area contributed by atoms with Crippen molar-refractivity contribution in [3.8, 4) is 23.0 Å². The van der Waals surface area contributed by atoms with Crippen LogP contribution < -0.4 is 24.3 Å². The Morgan fingerprint density at radius 3 is 2.46 bits per heavy atom. The molecule has 0 radical (unpaired) electrons. The van der Waals surface area contributed by atoms with Gasteiger partial charge in [0.25, 0.3) is 0 Å². The molecular weight excluding hydrogens is 494 g/mol. The number of nitrogens with one attached hydrogen (secondary N) is 1. The Morgan fingerprint density at radius 1 is 0.923 bits per heavy atom. The molecule has 4 rings (SSSR count). The molecule has 4 aromatic rings. The summed E-state index contributed by atoms with van der Waals surface area (Å²) in [4.78, 5) is 12.6. The van der Waals surface area contributed by atoms with Gasteiger partial charge in [0.05, 0.1) is 38.8 Å². The number of carbonyl (C=O) groups is 1. The fourth-order valence-electron chi connectivity index (χ4n) is 3.94. The highest BCUT2D eigenvalue weighted by atomic mass is 16.5. The summed E-state index contributed by atoms with van der Waals surface area (Å²) in [5, 5.41) is 7.23. The van der Waals surface area contributed by atoms with Crippen molar-refractivity contribution in [2.45, 2.75) is 27.0 Å². The monoisotopic (exact) mass is 527 g/mol. The molecule has 0 fully saturated rings. The quantitative estimate of drug-likeness (QED) is 0.216. The van der Waals surface area contributed by atoms with Crippen LogP contribution in [0.1, 0.15) is 30.5 Å². The number of carbonyl (C=O) groups excluding carboxylic acids is 1. The fourth-order valence-corrected chi connectivity index (χ4v) is 3.94. The van der Waals surface area contributed by atoms with Gasteiger partial charge in [-0.15, -0.1) is 0 Å². The third-order valence-corrected chi connectivity index (χ3v) is 5.72. The maximum Gasteiger partial charge on any atom is 0.248 e. The predicted molar refractivity (Wildman–Crippen MR) is 152 cm³/mol. The normalized spacial score (nSPS) is 10.8. The summed E-state index contributed by atoms with van der Waals surface area (Å²) < 4.78 is 24.4. The van der Waals surface area contributed by atoms with E-state index in [-0.39, 0.29) is 5.91 Å². The maximum atomic E-state index is 12.6. The molecule has 0 bridgehead atoms. The van der Waals surface area contributed by atoms with Gasteiger partial charge in [0, 0.05) is 17.8 Å². The van der Waals surface area contributed by atoms with Crippen LogP contribution in [0.3, 0.4) is 0 Å². The summed E-state index contributed by atoms with van der Waals surface area (Å²) in [5.74, 6) is 2.66. The molecule has 1 heterocycles. The largest absolute Gasteiger partial charge is 0.496 e. The number of methoxy groups -OCH3 is 1. The van der Waals surface area contributed by atoms with Crippen LogP contribution >= 0.6 is 0 Å². The standard InChI is InChI=1S/C31H33N3O5/c1-4-37-29-15-12-24(18-30(29)38-5-2)20-34-21-26(19-32-34)33-31(35)16-13-23-11-14-28(36-3)25(17-23)22-39-27-9-7-6-8-10-27/h6-19,21H,4-5,20,22H2,1-3H3,(H,33,35)/b16-13+. The van der Waals surface area contributed by atoms with E-state index in [1.807, 2.05) is 80.6 Å². The van der Waals surface area contributed by atoms with E-state index in [1.54, 1.807) is 30.3 Å². The second-order valence-electron chi connectivity index (χ2n) is 8.57. The molecule has 1 N–H and O–H groups in total. The number of rotatable bonds is 13. The number of nitrogens with zero attached hydrogens (tertiary/aromatic N) is 2. The van der Waals surface area contributed by atoms with Gasteiger partial charge in [0.15, 0.2) is 11.5 Å². The van der Waals surface area contributed by atoms with E-state index in [0.29, 0.717) is 37.8 Å². The summed E-state index contributed by atoms with van der Waals surface area (Å²) >= 11 is 0. The van der Waals surface area contributed by atoms with Crippen LogP contribution in [0.15, 0.2) is 85.2 Å². The molecule has 8 nitrogen and oxygen atoms in total. The Morgan fingerprint density at radius 2 is 1.69 bits per heavy atom. The zero-order valence-electron chi connectivity index (χ0n) is 22.4. The maximum absolute atomic E-state index is 12.6. The Bertz CT molecular complexity index is 1400. The van der Waals surface area contributed by atoms with E-state index in [0.717, 1.165) is 33.9 Å². The van der Waals surface area contributed by atoms with Crippen molar-refractivity contribution in [2.24, 2.45) is 0 Å². The highest BCUT2D eigenvalue weighted by Gasteiger charge is 2.09. The summed E-state index contributed by atoms with van der Waals surface area (Å²) in [5.41, 5.74) is 3.35. The van der Waals surface area contributed by atoms with Crippen molar-refractivity contribution in [3.05, 3.63) is 102 Å². The number of anilines is 1. The van der Waals surface area contributed by atoms with Gasteiger partial charge in [-0.05, 0) is 67.4 Å². The zero-order chi connectivity index (χ0) is 27.5. The first kappa shape index (κ1) is 27.3. The number of hydrogen-bond acceptors (Lipinski definition) is 6. The summed E-state index contributed by atoms with van der Waals surface area (Å²) in [7, 11) is 1.62. The van der Waals surface area contributed by atoms with Gasteiger partial charge in [-0.2, -0.15) is 5.10 Å². The van der Waals surface area contributed by atoms with Crippen LogP contribution in [0, 0.1) is 0 Å². The molecule has 39 heavy (non-hydrogen) atoms. The zero-order valence-corrected chi connectivity index (χ0v) is 22.4. The topological polar surface area (TPSA) is 83.8 Å². The van der Waals surface area contributed by atoms with Crippen LogP contribution in [0.2, 0.25) is 0 Å². The number of benzene rings is 3. The minimum Gasteiger partial charge on any atom is -0.496 e. The molecular formula is C31H33N3O5. The van der Waals surface area contributed by atoms with Crippen molar-refractivity contribution >= 4 is 17.7 Å². The van der Waals surface area contributed by atoms with Crippen molar-refractivity contribution in [2.75, 3.05) is 25.6 Å². The van der Waals surface area contributed by atoms with E-state index in [4.69, 9.17) is 18.9 Å². The minimum absolute atomic E-state index is 0.257. The molecule has 0 aliphatic heterocycles. The molecule has 3 aromatic carbocycles. The van der Waals surface area contributed by atoms with E-state index < -0.39 is 0 Å². The Labute approximate surface area is 228 Å². The lowest BCUT2D eigenvalue weighted by atomic mass is 10.1. The number of hydrogen-bond donors (Lipinski definition) is 1. The highest BCUT2D eigenvalue weighted by Crippen LogP contribution is 2.29. The van der Waals surface area contributed by atoms with E-state index in [1.165, 1.54) is 6.08 Å². The molecule has 0 aliphatic rings. The lowest BCUT2D eigenvalue weighted by molar-refractivity contribution is -0.111. The second kappa shape index (κ2) is 13.7. The number of aromatic nitrogens is 2. The van der Waals surface area contributed by atoms with E-state index in [9.17, 15) is 4.79 Å². The van der Waals surface area contributed by atoms with Crippen molar-refractivity contribution in [1.82, 2.24) is 9.78 Å². The highest BCUT2D eigenvalue weighted by molar-refractivity contribution is 6.01. The molecule has 0 saturated carbocycles. The molecule has 8 heteroatoms. The van der Waals surface area contributed by atoms with Gasteiger partial charge in [-0.1, -0.05) is 30.3 Å². The van der Waals surface area contributed by atoms with Crippen LogP contribution in [0.4, 0.5) is 5.69 Å². The molecule has 0 unspecified atom stereocenters. The first-order valence-electron chi connectivity index (χ1n) is 12.8. The third-order valence-electron chi connectivity index (χ3n) is 5.72. The smallest absolute Gasteiger partial charge is 0.248 e. The molecule has 202 valence electrons. The first-order chi connectivity index (χ1) is 19.1. The fraction of sp³-hybridized carbons (Fsp3) is 0.226. The van der Waals surface area contributed by atoms with Crippen LogP contribution in [-0.2, 0) is 17.9 Å². The van der Waals surface area contributed by atoms with Gasteiger partial charge < -0.3 is 24.3 Å². The predicted octanol–water partition coefficient (Wildman–Crippen LogP) is 5.97. The molecule has 1 amide bonds. The lowest BCUT2D eigenvalue weighted by Crippen LogP contribution is -2.07. The van der Waals surface area contributed by atoms with Gasteiger partial charge >= 0.3 is 0 Å². The Balaban J connectivity index is 1.36. The number of amides is 1. The second-order valence-corrected chi connectivity index (χ2v) is 8.57. The van der Waals surface area contributed by atoms with Crippen molar-refractivity contribution in [1.29, 1.82) is 0 Å². The summed E-state index contributed by atoms with van der Waals surface area (Å²) in [6, 6.07) is 21.1. The van der Waals surface area contributed by atoms with Crippen LogP contribution in [-0.4, -0.2) is 36.0 Å². The van der Waals surface area contributed by atoms with Crippen molar-refractivity contribution in [3.63, 3.8) is 0 Å². The average molecular weight is 528 g/mol. The Kier molecular flexibility index (Phi) is 9.61. The third kappa shape index (κ3) is 7.88. The average Bonchev–Trinajstić information content (AvgIpc) is 3.39. The van der Waals surface area contributed by atoms with Crippen LogP contribution in [0.5, 0.6) is 23.0 Å². The SMILES string of the molecule is CCOc1ccc(Cn2cc(NC(=O)/C=C/c3ccc(OC)c(COc4ccccc4)c3)cn2)cc1OCC. The summed E-state index contributed by atoms with van der Waals surface area (Å²) in [6.45, 7) is 5.87. The molecule has 1 aromatic heterocycles. The Hall–Kier alpha value is -4.72. The minimum atomic E-state index is -0.257. The van der Waals surface area contributed by atoms with E-state index >= 15 is 0 Å². The number of ether oxygens (including phenoxy) is 4. The molecule has 0 aliphatic carbocycles. The van der Waals surface area contributed by atoms with Gasteiger partial charge in [-0.25, -0.2) is 0 Å². The van der Waals surface area contributed by atoms with Crippen LogP contribution in [0.25, 0.3) is 6.08 Å². The molecule has 0 spiro atoms. The van der Waals surface area contributed by atoms with Gasteiger partial charge in [0.2, 0.25) is 5.91 Å². The van der Waals surface area contributed by atoms with Gasteiger partial charge in [0.1, 0.15) is 18.1 Å². The molecule has 0 saturated heterocycles. The first-order valence-corrected chi connectivity index (χ1v) is 12.8. The lowest BCUT2D eigenvalue weighted by Gasteiger charge is -2.12. The van der Waals surface area contributed by atoms with Gasteiger partial charge in [-0.3, -0.25) is 9.48 Å². The van der Waals surface area contributed by atoms with E-state index in [2.05, 4.69) is 10.4 Å². The summed E-state index contributed by atoms with van der Waals surface area (Å²) in [6.07, 6.45) is 6.65. The molecule has 0 atom stereocenters. The number of para-hydroxylation sites is 1. The van der Waals surface area contributed by atoms with Crippen molar-refractivity contribution < 1.29 is 23.7 Å².